The van der Waals surface area contributed by atoms with Crippen LogP contribution in [-0.2, 0) is 6.42 Å². The lowest BCUT2D eigenvalue weighted by Crippen LogP contribution is -2.24. The topological polar surface area (TPSA) is 29.3 Å². The van der Waals surface area contributed by atoms with Gasteiger partial charge in [0, 0.05) is 6.54 Å². The molecule has 0 aliphatic carbocycles. The van der Waals surface area contributed by atoms with Crippen LogP contribution in [0.25, 0.3) is 0 Å². The predicted molar refractivity (Wildman–Crippen MR) is 84.3 cm³/mol. The largest absolute Gasteiger partial charge is 0.330 e. The van der Waals surface area contributed by atoms with Gasteiger partial charge in [0.2, 0.25) is 0 Å². The summed E-state index contributed by atoms with van der Waals surface area (Å²) in [5.41, 5.74) is 7.47. The van der Waals surface area contributed by atoms with Crippen molar-refractivity contribution in [1.29, 1.82) is 0 Å². The molecule has 0 heterocycles. The lowest BCUT2D eigenvalue weighted by atomic mass is 9.84. The van der Waals surface area contributed by atoms with E-state index in [1.165, 1.54) is 24.9 Å². The van der Waals surface area contributed by atoms with Crippen LogP contribution in [0.4, 0.5) is 0 Å². The highest BCUT2D eigenvalue weighted by Gasteiger charge is 2.16. The van der Waals surface area contributed by atoms with Gasteiger partial charge in [-0.25, -0.2) is 0 Å². The third-order valence-corrected chi connectivity index (χ3v) is 3.84. The van der Waals surface area contributed by atoms with E-state index < -0.39 is 0 Å². The molecule has 0 spiro atoms. The number of nitrogens with zero attached hydrogens (tertiary/aromatic N) is 1. The molecule has 1 rings (SSSR count). The molecule has 19 heavy (non-hydrogen) atoms. The number of likely N-dealkylation sites (N-methyl/N-ethyl adjacent to an activating group) is 1. The summed E-state index contributed by atoms with van der Waals surface area (Å²) in [5.74, 6) is 0. The molecular weight excluding hydrogens is 232 g/mol. The van der Waals surface area contributed by atoms with Crippen molar-refractivity contribution in [3.8, 4) is 0 Å². The van der Waals surface area contributed by atoms with Crippen LogP contribution in [0.3, 0.4) is 0 Å². The third-order valence-electron chi connectivity index (χ3n) is 3.84. The molecular formula is C17H30N2. The van der Waals surface area contributed by atoms with Crippen molar-refractivity contribution in [2.24, 2.45) is 11.1 Å². The first kappa shape index (κ1) is 16.2. The van der Waals surface area contributed by atoms with E-state index in [0.29, 0.717) is 5.41 Å². The summed E-state index contributed by atoms with van der Waals surface area (Å²) in [7, 11) is 2.22. The number of rotatable bonds is 9. The van der Waals surface area contributed by atoms with Gasteiger partial charge in [-0.3, -0.25) is 0 Å². The van der Waals surface area contributed by atoms with Gasteiger partial charge in [0.25, 0.3) is 0 Å². The van der Waals surface area contributed by atoms with Gasteiger partial charge in [-0.05, 0) is 56.8 Å². The maximum Gasteiger partial charge on any atom is 0.00188 e. The van der Waals surface area contributed by atoms with Crippen LogP contribution >= 0.6 is 0 Å². The quantitative estimate of drug-likeness (QED) is 0.740. The van der Waals surface area contributed by atoms with Crippen molar-refractivity contribution in [3.63, 3.8) is 0 Å². The second kappa shape index (κ2) is 8.34. The maximum atomic E-state index is 5.65. The van der Waals surface area contributed by atoms with Crippen LogP contribution in [0.5, 0.6) is 0 Å². The Balaban J connectivity index is 2.16. The molecule has 1 aromatic rings. The second-order valence-electron chi connectivity index (χ2n) is 6.35. The van der Waals surface area contributed by atoms with E-state index in [1.54, 1.807) is 0 Å². The van der Waals surface area contributed by atoms with Crippen LogP contribution in [0.2, 0.25) is 0 Å². The standard InChI is InChI=1S/C17H30N2/c1-17(2,12-13-18)11-7-14-19(3)15-10-16-8-5-4-6-9-16/h4-6,8-9H,7,10-15,18H2,1-3H3. The minimum absolute atomic E-state index is 0.398. The summed E-state index contributed by atoms with van der Waals surface area (Å²) < 4.78 is 0. The highest BCUT2D eigenvalue weighted by atomic mass is 15.1. The Morgan fingerprint density at radius 2 is 1.74 bits per heavy atom. The molecule has 0 atom stereocenters. The van der Waals surface area contributed by atoms with Crippen LogP contribution in [0, 0.1) is 5.41 Å². The third kappa shape index (κ3) is 7.34. The zero-order chi connectivity index (χ0) is 14.1. The zero-order valence-corrected chi connectivity index (χ0v) is 12.9. The first-order chi connectivity index (χ1) is 9.03. The van der Waals surface area contributed by atoms with Crippen molar-refractivity contribution in [1.82, 2.24) is 4.90 Å². The van der Waals surface area contributed by atoms with E-state index in [9.17, 15) is 0 Å². The first-order valence-corrected chi connectivity index (χ1v) is 7.46. The van der Waals surface area contributed by atoms with Gasteiger partial charge < -0.3 is 10.6 Å². The van der Waals surface area contributed by atoms with Gasteiger partial charge in [0.15, 0.2) is 0 Å². The highest BCUT2D eigenvalue weighted by Crippen LogP contribution is 2.25. The van der Waals surface area contributed by atoms with Crippen LogP contribution < -0.4 is 5.73 Å². The molecule has 1 aromatic carbocycles. The minimum Gasteiger partial charge on any atom is -0.330 e. The molecule has 0 saturated carbocycles. The molecule has 0 saturated heterocycles. The van der Waals surface area contributed by atoms with E-state index >= 15 is 0 Å². The Hall–Kier alpha value is -0.860. The fourth-order valence-electron chi connectivity index (χ4n) is 2.42. The maximum absolute atomic E-state index is 5.65. The number of nitrogens with two attached hydrogens (primary N) is 1. The van der Waals surface area contributed by atoms with Gasteiger partial charge in [-0.15, -0.1) is 0 Å². The Labute approximate surface area is 119 Å². The molecule has 0 unspecified atom stereocenters. The van der Waals surface area contributed by atoms with Crippen molar-refractivity contribution in [3.05, 3.63) is 35.9 Å². The summed E-state index contributed by atoms with van der Waals surface area (Å²) in [6.45, 7) is 7.77. The van der Waals surface area contributed by atoms with E-state index in [-0.39, 0.29) is 0 Å². The Kier molecular flexibility index (Phi) is 7.11. The second-order valence-corrected chi connectivity index (χ2v) is 6.35. The molecule has 0 fully saturated rings. The Bertz CT molecular complexity index is 332. The van der Waals surface area contributed by atoms with Crippen molar-refractivity contribution >= 4 is 0 Å². The molecule has 0 aromatic heterocycles. The SMILES string of the molecule is CN(CCCC(C)(C)CCN)CCc1ccccc1. The average Bonchev–Trinajstić information content (AvgIpc) is 2.37. The molecule has 0 aliphatic heterocycles. The summed E-state index contributed by atoms with van der Waals surface area (Å²) in [5, 5.41) is 0. The predicted octanol–water partition coefficient (Wildman–Crippen LogP) is 3.32. The van der Waals surface area contributed by atoms with Crippen LogP contribution in [-0.4, -0.2) is 31.6 Å². The fraction of sp³-hybridized carbons (Fsp3) is 0.647. The van der Waals surface area contributed by atoms with Gasteiger partial charge in [0.05, 0.1) is 0 Å². The summed E-state index contributed by atoms with van der Waals surface area (Å²) in [6.07, 6.45) is 4.79. The van der Waals surface area contributed by atoms with Crippen LogP contribution in [0.15, 0.2) is 30.3 Å². The molecule has 2 N–H and O–H groups in total. The molecule has 0 bridgehead atoms. The molecule has 2 nitrogen and oxygen atoms in total. The summed E-state index contributed by atoms with van der Waals surface area (Å²) in [4.78, 5) is 2.44. The van der Waals surface area contributed by atoms with Crippen molar-refractivity contribution in [2.75, 3.05) is 26.7 Å². The zero-order valence-electron chi connectivity index (χ0n) is 12.9. The first-order valence-electron chi connectivity index (χ1n) is 7.46. The van der Waals surface area contributed by atoms with Gasteiger partial charge in [-0.1, -0.05) is 44.2 Å². The monoisotopic (exact) mass is 262 g/mol. The van der Waals surface area contributed by atoms with E-state index in [1.807, 2.05) is 0 Å². The van der Waals surface area contributed by atoms with E-state index in [4.69, 9.17) is 5.73 Å². The molecule has 2 heteroatoms. The Morgan fingerprint density at radius 3 is 2.37 bits per heavy atom. The lowest BCUT2D eigenvalue weighted by molar-refractivity contribution is 0.264. The number of hydrogen-bond acceptors (Lipinski definition) is 2. The summed E-state index contributed by atoms with van der Waals surface area (Å²) in [6, 6.07) is 10.7. The van der Waals surface area contributed by atoms with Crippen molar-refractivity contribution < 1.29 is 0 Å². The Morgan fingerprint density at radius 1 is 1.05 bits per heavy atom. The van der Waals surface area contributed by atoms with Gasteiger partial charge in [-0.2, -0.15) is 0 Å². The molecule has 0 aliphatic rings. The van der Waals surface area contributed by atoms with Gasteiger partial charge in [0.1, 0.15) is 0 Å². The molecule has 108 valence electrons. The number of hydrogen-bond donors (Lipinski definition) is 1. The average molecular weight is 262 g/mol. The highest BCUT2D eigenvalue weighted by molar-refractivity contribution is 5.14. The number of benzene rings is 1. The lowest BCUT2D eigenvalue weighted by Gasteiger charge is -2.25. The molecule has 0 radical (unpaired) electrons. The normalized spacial score (nSPS) is 12.1. The molecule has 0 amide bonds. The van der Waals surface area contributed by atoms with E-state index in [2.05, 4.69) is 56.1 Å². The van der Waals surface area contributed by atoms with Crippen molar-refractivity contribution in [2.45, 2.75) is 39.5 Å². The summed E-state index contributed by atoms with van der Waals surface area (Å²) >= 11 is 0. The van der Waals surface area contributed by atoms with Gasteiger partial charge >= 0.3 is 0 Å². The minimum atomic E-state index is 0.398. The van der Waals surface area contributed by atoms with Crippen LogP contribution in [0.1, 0.15) is 38.7 Å². The van der Waals surface area contributed by atoms with E-state index in [0.717, 1.165) is 25.9 Å². The fourth-order valence-corrected chi connectivity index (χ4v) is 2.42. The smallest absolute Gasteiger partial charge is 0.00188 e.